The normalized spacial score (nSPS) is 14.1. The maximum Gasteiger partial charge on any atom is 0.181 e. The molecule has 12 rings (SSSR count). The number of hydrogen-bond donors (Lipinski definition) is 0. The molecule has 0 unspecified atom stereocenters. The Morgan fingerprint density at radius 2 is 1.02 bits per heavy atom. The largest absolute Gasteiger partial charge is 0.455 e. The van der Waals surface area contributed by atoms with E-state index in [9.17, 15) is 0 Å². The first-order valence-corrected chi connectivity index (χ1v) is 22.9. The average Bonchev–Trinajstić information content (AvgIpc) is 3.91. The second-order valence-electron chi connectivity index (χ2n) is 16.8. The van der Waals surface area contributed by atoms with Crippen molar-refractivity contribution in [2.75, 3.05) is 4.90 Å². The van der Waals surface area contributed by atoms with E-state index in [0.29, 0.717) is 0 Å². The first-order chi connectivity index (χ1) is 29.5. The minimum absolute atomic E-state index is 0.139. The van der Waals surface area contributed by atoms with E-state index in [1.54, 1.807) is 0 Å². The Hall–Kier alpha value is -7.20. The summed E-state index contributed by atoms with van der Waals surface area (Å²) in [7, 11) is -2.90. The van der Waals surface area contributed by atoms with Crippen LogP contribution in [-0.4, -0.2) is 8.07 Å². The fourth-order valence-corrected chi connectivity index (χ4v) is 15.8. The Bertz CT molecular complexity index is 3250. The standard InChI is InChI=1S/C57H41NOSi/c1-57(2)50-27-14-12-25-45(50)46-31-29-41(36-51(46)57)58(40-20-16-19-39(35-40)38-17-6-3-7-18-38)42-30-32-49-54(37-42)60(43-21-8-4-9-22-43,44-23-10-5-11-24-44)53-34-33-48-47-26-13-15-28-52(47)59-56(48)55(49)53/h3-37H,1-2H3. The number of fused-ring (bicyclic) bond motifs is 10. The van der Waals surface area contributed by atoms with Crippen molar-refractivity contribution in [3.05, 3.63) is 223 Å². The fraction of sp³-hybridized carbons (Fsp3) is 0.0526. The summed E-state index contributed by atoms with van der Waals surface area (Å²) in [6, 6.07) is 78.8. The zero-order valence-electron chi connectivity index (χ0n) is 33.6. The highest BCUT2D eigenvalue weighted by Crippen LogP contribution is 2.51. The van der Waals surface area contributed by atoms with Gasteiger partial charge < -0.3 is 9.32 Å². The molecular weight excluding hydrogens is 743 g/mol. The van der Waals surface area contributed by atoms with Crippen molar-refractivity contribution >= 4 is 67.8 Å². The second-order valence-corrected chi connectivity index (χ2v) is 20.6. The highest BCUT2D eigenvalue weighted by molar-refractivity contribution is 7.22. The summed E-state index contributed by atoms with van der Waals surface area (Å²) in [5, 5.41) is 7.77. The summed E-state index contributed by atoms with van der Waals surface area (Å²) in [5.74, 6) is 0. The quantitative estimate of drug-likeness (QED) is 0.156. The smallest absolute Gasteiger partial charge is 0.181 e. The Balaban J connectivity index is 1.15. The van der Waals surface area contributed by atoms with Gasteiger partial charge >= 0.3 is 0 Å². The summed E-state index contributed by atoms with van der Waals surface area (Å²) in [4.78, 5) is 2.49. The minimum Gasteiger partial charge on any atom is -0.455 e. The van der Waals surface area contributed by atoms with E-state index >= 15 is 0 Å². The molecule has 284 valence electrons. The Labute approximate surface area is 351 Å². The highest BCUT2D eigenvalue weighted by Gasteiger charge is 2.50. The topological polar surface area (TPSA) is 16.4 Å². The minimum atomic E-state index is -2.90. The van der Waals surface area contributed by atoms with Crippen molar-refractivity contribution in [2.45, 2.75) is 19.3 Å². The van der Waals surface area contributed by atoms with Crippen molar-refractivity contribution in [1.29, 1.82) is 0 Å². The fourth-order valence-electron chi connectivity index (χ4n) is 10.6. The molecule has 2 aliphatic rings. The zero-order chi connectivity index (χ0) is 40.0. The van der Waals surface area contributed by atoms with Crippen LogP contribution in [0.25, 0.3) is 55.3 Å². The van der Waals surface area contributed by atoms with Gasteiger partial charge in [-0.05, 0) is 102 Å². The van der Waals surface area contributed by atoms with Crippen LogP contribution >= 0.6 is 0 Å². The summed E-state index contributed by atoms with van der Waals surface area (Å²) in [5.41, 5.74) is 15.4. The Morgan fingerprint density at radius 1 is 0.417 bits per heavy atom. The van der Waals surface area contributed by atoms with Crippen molar-refractivity contribution in [1.82, 2.24) is 0 Å². The van der Waals surface area contributed by atoms with Gasteiger partial charge in [0.2, 0.25) is 0 Å². The molecule has 1 aromatic heterocycles. The maximum atomic E-state index is 6.89. The molecule has 0 saturated carbocycles. The molecule has 0 radical (unpaired) electrons. The van der Waals surface area contributed by atoms with Crippen LogP contribution in [0.5, 0.6) is 0 Å². The lowest BCUT2D eigenvalue weighted by molar-refractivity contribution is 0.660. The number of nitrogens with zero attached hydrogens (tertiary/aromatic N) is 1. The lowest BCUT2D eigenvalue weighted by Crippen LogP contribution is -2.72. The van der Waals surface area contributed by atoms with Crippen LogP contribution in [0, 0.1) is 0 Å². The summed E-state index contributed by atoms with van der Waals surface area (Å²) >= 11 is 0. The summed E-state index contributed by atoms with van der Waals surface area (Å²) in [6.45, 7) is 4.74. The SMILES string of the molecule is CC1(C)c2ccccc2-c2ccc(N(c3cccc(-c4ccccc4)c3)c3ccc4c(c3)[Si](c3ccccc3)(c3ccccc3)c3ccc5c(oc6ccccc65)c3-4)cc21. The molecule has 60 heavy (non-hydrogen) atoms. The van der Waals surface area contributed by atoms with Crippen LogP contribution in [0.3, 0.4) is 0 Å². The molecular formula is C57H41NOSi. The Kier molecular flexibility index (Phi) is 7.63. The van der Waals surface area contributed by atoms with Crippen LogP contribution in [0.15, 0.2) is 217 Å². The van der Waals surface area contributed by atoms with E-state index < -0.39 is 8.07 Å². The van der Waals surface area contributed by atoms with Gasteiger partial charge in [-0.2, -0.15) is 0 Å². The molecule has 1 aliphatic heterocycles. The molecule has 0 N–H and O–H groups in total. The first-order valence-electron chi connectivity index (χ1n) is 20.9. The lowest BCUT2D eigenvalue weighted by Gasteiger charge is -2.33. The second kappa shape index (κ2) is 13.2. The van der Waals surface area contributed by atoms with Crippen LogP contribution in [0.2, 0.25) is 0 Å². The van der Waals surface area contributed by atoms with E-state index in [1.165, 1.54) is 65.3 Å². The van der Waals surface area contributed by atoms with Crippen LogP contribution < -0.4 is 25.6 Å². The molecule has 2 heterocycles. The summed E-state index contributed by atoms with van der Waals surface area (Å²) < 4.78 is 6.89. The molecule has 9 aromatic carbocycles. The number of rotatable bonds is 6. The van der Waals surface area contributed by atoms with Crippen LogP contribution in [0.1, 0.15) is 25.0 Å². The monoisotopic (exact) mass is 783 g/mol. The van der Waals surface area contributed by atoms with E-state index in [2.05, 4.69) is 231 Å². The van der Waals surface area contributed by atoms with E-state index in [4.69, 9.17) is 4.42 Å². The first kappa shape index (κ1) is 34.8. The molecule has 0 fully saturated rings. The van der Waals surface area contributed by atoms with Gasteiger partial charge in [0.25, 0.3) is 0 Å². The lowest BCUT2D eigenvalue weighted by atomic mass is 9.82. The van der Waals surface area contributed by atoms with E-state index in [1.807, 2.05) is 0 Å². The van der Waals surface area contributed by atoms with Crippen molar-refractivity contribution in [3.63, 3.8) is 0 Å². The summed E-state index contributed by atoms with van der Waals surface area (Å²) in [6.07, 6.45) is 0. The number of anilines is 3. The van der Waals surface area contributed by atoms with Crippen LogP contribution in [-0.2, 0) is 5.41 Å². The molecule has 0 atom stereocenters. The predicted molar refractivity (Wildman–Crippen MR) is 254 cm³/mol. The van der Waals surface area contributed by atoms with E-state index in [0.717, 1.165) is 39.0 Å². The molecule has 1 aliphatic carbocycles. The van der Waals surface area contributed by atoms with Crippen molar-refractivity contribution in [2.24, 2.45) is 0 Å². The maximum absolute atomic E-state index is 6.89. The number of benzene rings is 9. The third kappa shape index (κ3) is 4.93. The molecule has 0 spiro atoms. The third-order valence-electron chi connectivity index (χ3n) is 13.3. The average molecular weight is 784 g/mol. The van der Waals surface area contributed by atoms with Gasteiger partial charge in [0.1, 0.15) is 11.2 Å². The van der Waals surface area contributed by atoms with Gasteiger partial charge in [-0.3, -0.25) is 0 Å². The third-order valence-corrected chi connectivity index (χ3v) is 18.2. The predicted octanol–water partition coefficient (Wildman–Crippen LogP) is 12.4. The van der Waals surface area contributed by atoms with E-state index in [-0.39, 0.29) is 5.41 Å². The molecule has 0 amide bonds. The molecule has 10 aromatic rings. The van der Waals surface area contributed by atoms with Gasteiger partial charge in [0.15, 0.2) is 8.07 Å². The van der Waals surface area contributed by atoms with Gasteiger partial charge in [-0.25, -0.2) is 0 Å². The van der Waals surface area contributed by atoms with Crippen molar-refractivity contribution < 1.29 is 4.42 Å². The van der Waals surface area contributed by atoms with Gasteiger partial charge in [-0.15, -0.1) is 0 Å². The number of hydrogen-bond acceptors (Lipinski definition) is 2. The zero-order valence-corrected chi connectivity index (χ0v) is 34.6. The molecule has 0 bridgehead atoms. The molecule has 2 nitrogen and oxygen atoms in total. The number of furan rings is 1. The van der Waals surface area contributed by atoms with Gasteiger partial charge in [-0.1, -0.05) is 184 Å². The number of para-hydroxylation sites is 1. The Morgan fingerprint density at radius 3 is 1.78 bits per heavy atom. The molecule has 0 saturated heterocycles. The van der Waals surface area contributed by atoms with Gasteiger partial charge in [0, 0.05) is 38.8 Å². The van der Waals surface area contributed by atoms with Crippen LogP contribution in [0.4, 0.5) is 17.1 Å². The highest BCUT2D eigenvalue weighted by atomic mass is 28.3. The molecule has 3 heteroatoms. The van der Waals surface area contributed by atoms with Crippen molar-refractivity contribution in [3.8, 4) is 33.4 Å². The van der Waals surface area contributed by atoms with Gasteiger partial charge in [0.05, 0.1) is 0 Å².